The van der Waals surface area contributed by atoms with Crippen molar-refractivity contribution >= 4 is 34.8 Å². The van der Waals surface area contributed by atoms with Crippen molar-refractivity contribution in [2.24, 2.45) is 0 Å². The molecule has 1 N–H and O–H groups in total. The monoisotopic (exact) mass is 513 g/mol. The first-order valence-electron chi connectivity index (χ1n) is 10.4. The fraction of sp³-hybridized carbons (Fsp3) is 0.364. The molecule has 0 atom stereocenters. The predicted octanol–water partition coefficient (Wildman–Crippen LogP) is 4.34. The number of rotatable bonds is 9. The molecule has 0 aliphatic heterocycles. The molecule has 3 aromatic rings. The van der Waals surface area contributed by atoms with Gasteiger partial charge in [0.05, 0.1) is 5.01 Å². The van der Waals surface area contributed by atoms with Crippen molar-refractivity contribution in [1.29, 1.82) is 0 Å². The summed E-state index contributed by atoms with van der Waals surface area (Å²) in [5, 5.41) is 9.31. The van der Waals surface area contributed by atoms with Crippen molar-refractivity contribution in [2.45, 2.75) is 39.0 Å². The highest BCUT2D eigenvalue weighted by Crippen LogP contribution is 2.28. The van der Waals surface area contributed by atoms with Crippen LogP contribution in [0.2, 0.25) is 5.02 Å². The van der Waals surface area contributed by atoms with E-state index >= 15 is 0 Å². The number of benzene rings is 1. The third-order valence-electron chi connectivity index (χ3n) is 4.99. The van der Waals surface area contributed by atoms with E-state index in [1.54, 1.807) is 24.6 Å². The van der Waals surface area contributed by atoms with E-state index in [2.05, 4.69) is 15.4 Å². The van der Waals surface area contributed by atoms with E-state index in [0.717, 1.165) is 21.3 Å². The highest BCUT2D eigenvalue weighted by Gasteiger charge is 2.34. The Hall–Kier alpha value is -2.92. The summed E-state index contributed by atoms with van der Waals surface area (Å²) in [5.41, 5.74) is 0.444. The second-order valence-corrected chi connectivity index (χ2v) is 9.06. The lowest BCUT2D eigenvalue weighted by molar-refractivity contribution is -0.142. The highest BCUT2D eigenvalue weighted by molar-refractivity contribution is 7.09. The maximum atomic E-state index is 12.8. The van der Waals surface area contributed by atoms with E-state index in [0.29, 0.717) is 36.6 Å². The number of carbonyl (C=O) groups is 2. The molecule has 0 spiro atoms. The van der Waals surface area contributed by atoms with Crippen LogP contribution in [-0.4, -0.2) is 45.1 Å². The van der Waals surface area contributed by atoms with Crippen LogP contribution in [0.25, 0.3) is 0 Å². The van der Waals surface area contributed by atoms with Gasteiger partial charge >= 0.3 is 6.18 Å². The number of hydrogen-bond acceptors (Lipinski definition) is 5. The van der Waals surface area contributed by atoms with Crippen LogP contribution >= 0.6 is 22.9 Å². The maximum absolute atomic E-state index is 12.8. The van der Waals surface area contributed by atoms with Crippen LogP contribution in [0.3, 0.4) is 0 Å². The summed E-state index contributed by atoms with van der Waals surface area (Å²) in [6.07, 6.45) is -3.40. The molecule has 2 aromatic heterocycles. The number of halogens is 4. The Kier molecular flexibility index (Phi) is 8.32. The minimum atomic E-state index is -4.55. The summed E-state index contributed by atoms with van der Waals surface area (Å²) in [7, 11) is 1.59. The van der Waals surface area contributed by atoms with E-state index in [1.807, 2.05) is 12.1 Å². The topological polar surface area (TPSA) is 80.1 Å². The summed E-state index contributed by atoms with van der Waals surface area (Å²) < 4.78 is 39.4. The zero-order chi connectivity index (χ0) is 24.9. The Morgan fingerprint density at radius 3 is 2.71 bits per heavy atom. The highest BCUT2D eigenvalue weighted by atomic mass is 35.5. The van der Waals surface area contributed by atoms with E-state index < -0.39 is 11.9 Å². The van der Waals surface area contributed by atoms with Crippen molar-refractivity contribution in [2.75, 3.05) is 13.6 Å². The molecule has 0 bridgehead atoms. The van der Waals surface area contributed by atoms with Gasteiger partial charge in [-0.05, 0) is 37.1 Å². The normalized spacial score (nSPS) is 11.5. The van der Waals surface area contributed by atoms with Crippen LogP contribution in [0.4, 0.5) is 13.2 Å². The Bertz CT molecular complexity index is 1160. The number of likely N-dealkylation sites (N-methyl/N-ethyl adjacent to an activating group) is 1. The second-order valence-electron chi connectivity index (χ2n) is 7.68. The first-order chi connectivity index (χ1) is 16.0. The molecule has 0 radical (unpaired) electrons. The zero-order valence-corrected chi connectivity index (χ0v) is 20.1. The molecule has 0 aliphatic rings. The zero-order valence-electron chi connectivity index (χ0n) is 18.5. The van der Waals surface area contributed by atoms with Gasteiger partial charge in [0.15, 0.2) is 5.69 Å². The van der Waals surface area contributed by atoms with Crippen LogP contribution < -0.4 is 5.32 Å². The first-order valence-corrected chi connectivity index (χ1v) is 11.6. The van der Waals surface area contributed by atoms with Gasteiger partial charge in [0.1, 0.15) is 12.2 Å². The summed E-state index contributed by atoms with van der Waals surface area (Å²) in [6, 6.07) is 8.11. The van der Waals surface area contributed by atoms with E-state index in [-0.39, 0.29) is 24.1 Å². The lowest BCUT2D eigenvalue weighted by Crippen LogP contribution is -2.32. The minimum Gasteiger partial charge on any atom is -0.347 e. The summed E-state index contributed by atoms with van der Waals surface area (Å²) in [6.45, 7) is 1.92. The van der Waals surface area contributed by atoms with Crippen LogP contribution in [0, 0.1) is 6.92 Å². The smallest absolute Gasteiger partial charge is 0.347 e. The SMILES string of the molecule is Cc1cc(C(F)(F)F)nn1CC(=O)N(C)CCCc1nc(C(=O)NCc2cccc(Cl)c2)cs1. The molecule has 7 nitrogen and oxygen atoms in total. The number of nitrogens with zero attached hydrogens (tertiary/aromatic N) is 4. The van der Waals surface area contributed by atoms with E-state index in [1.165, 1.54) is 23.2 Å². The molecule has 3 rings (SSSR count). The number of alkyl halides is 3. The molecule has 1 aromatic carbocycles. The van der Waals surface area contributed by atoms with Crippen molar-refractivity contribution in [3.63, 3.8) is 0 Å². The Balaban J connectivity index is 1.44. The van der Waals surface area contributed by atoms with Crippen molar-refractivity contribution < 1.29 is 22.8 Å². The lowest BCUT2D eigenvalue weighted by Gasteiger charge is -2.17. The molecule has 0 saturated carbocycles. The van der Waals surface area contributed by atoms with E-state index in [9.17, 15) is 22.8 Å². The molecule has 12 heteroatoms. The third kappa shape index (κ3) is 7.04. The number of aromatic nitrogens is 3. The average molecular weight is 514 g/mol. The van der Waals surface area contributed by atoms with Crippen molar-refractivity contribution in [3.05, 3.63) is 68.4 Å². The van der Waals surface area contributed by atoms with Crippen LogP contribution in [0.5, 0.6) is 0 Å². The molecule has 182 valence electrons. The van der Waals surface area contributed by atoms with Crippen LogP contribution in [0.15, 0.2) is 35.7 Å². The first kappa shape index (κ1) is 25.7. The molecule has 0 unspecified atom stereocenters. The van der Waals surface area contributed by atoms with Gasteiger partial charge in [-0.25, -0.2) is 4.98 Å². The van der Waals surface area contributed by atoms with Crippen LogP contribution in [0.1, 0.15) is 38.9 Å². The molecule has 2 heterocycles. The van der Waals surface area contributed by atoms with Gasteiger partial charge in [-0.2, -0.15) is 18.3 Å². The maximum Gasteiger partial charge on any atom is 0.435 e. The third-order valence-corrected chi connectivity index (χ3v) is 6.14. The average Bonchev–Trinajstić information content (AvgIpc) is 3.39. The number of hydrogen-bond donors (Lipinski definition) is 1. The summed E-state index contributed by atoms with van der Waals surface area (Å²) in [5.74, 6) is -0.636. The van der Waals surface area contributed by atoms with Gasteiger partial charge in [0.25, 0.3) is 5.91 Å². The minimum absolute atomic E-state index is 0.262. The van der Waals surface area contributed by atoms with Gasteiger partial charge in [-0.3, -0.25) is 14.3 Å². The molecule has 0 aliphatic carbocycles. The lowest BCUT2D eigenvalue weighted by atomic mass is 10.2. The molecule has 0 fully saturated rings. The number of nitrogens with one attached hydrogen (secondary N) is 1. The molecular weight excluding hydrogens is 491 g/mol. The molecule has 34 heavy (non-hydrogen) atoms. The fourth-order valence-corrected chi connectivity index (χ4v) is 4.13. The quantitative estimate of drug-likeness (QED) is 0.461. The number of thiazole rings is 1. The Morgan fingerprint density at radius 1 is 1.26 bits per heavy atom. The summed E-state index contributed by atoms with van der Waals surface area (Å²) >= 11 is 7.30. The molecule has 0 saturated heterocycles. The predicted molar refractivity (Wildman–Crippen MR) is 123 cm³/mol. The number of amides is 2. The number of aryl methyl sites for hydroxylation is 2. The molecule has 2 amide bonds. The van der Waals surface area contributed by atoms with Gasteiger partial charge in [-0.15, -0.1) is 11.3 Å². The second kappa shape index (κ2) is 11.0. The standard InChI is InChI=1S/C22H23ClF3N5O2S/c1-14-9-18(22(24,25)26)29-31(14)12-20(32)30(2)8-4-7-19-28-17(13-34-19)21(33)27-11-15-5-3-6-16(23)10-15/h3,5-6,9-10,13H,4,7-8,11-12H2,1-2H3,(H,27,33). The van der Waals surface area contributed by atoms with Gasteiger partial charge in [0, 0.05) is 42.7 Å². The van der Waals surface area contributed by atoms with Gasteiger partial charge in [-0.1, -0.05) is 23.7 Å². The number of carbonyl (C=O) groups excluding carboxylic acids is 2. The van der Waals surface area contributed by atoms with Crippen molar-refractivity contribution in [1.82, 2.24) is 25.0 Å². The largest absolute Gasteiger partial charge is 0.435 e. The molecular formula is C22H23ClF3N5O2S. The fourth-order valence-electron chi connectivity index (χ4n) is 3.10. The summed E-state index contributed by atoms with van der Waals surface area (Å²) in [4.78, 5) is 30.5. The van der Waals surface area contributed by atoms with Crippen molar-refractivity contribution in [3.8, 4) is 0 Å². The Morgan fingerprint density at radius 2 is 2.03 bits per heavy atom. The van der Waals surface area contributed by atoms with Gasteiger partial charge < -0.3 is 10.2 Å². The van der Waals surface area contributed by atoms with Gasteiger partial charge in [0.2, 0.25) is 5.91 Å². The van der Waals surface area contributed by atoms with Crippen LogP contribution in [-0.2, 0) is 30.5 Å². The Labute approximate surface area is 203 Å². The van der Waals surface area contributed by atoms with E-state index in [4.69, 9.17) is 11.6 Å².